The van der Waals surface area contributed by atoms with Gasteiger partial charge in [0.2, 0.25) is 5.91 Å². The number of β-amino-alcohol motifs (C(OH)–C–C–N with tert-alkyl or cyclic N) is 1. The predicted octanol–water partition coefficient (Wildman–Crippen LogP) is 0.961. The number of benzene rings is 1. The number of aliphatic hydroxyl groups is 1. The van der Waals surface area contributed by atoms with Crippen LogP contribution >= 0.6 is 0 Å². The molecule has 1 aliphatic heterocycles. The smallest absolute Gasteiger partial charge is 0.227 e. The first-order chi connectivity index (χ1) is 7.65. The van der Waals surface area contributed by atoms with Gasteiger partial charge >= 0.3 is 0 Å². The van der Waals surface area contributed by atoms with Gasteiger partial charge in [0.25, 0.3) is 0 Å². The maximum Gasteiger partial charge on any atom is 0.227 e. The summed E-state index contributed by atoms with van der Waals surface area (Å²) in [6, 6.07) is 6.04. The second kappa shape index (κ2) is 4.61. The van der Waals surface area contributed by atoms with Crippen LogP contribution in [-0.2, 0) is 11.2 Å². The van der Waals surface area contributed by atoms with Crippen molar-refractivity contribution in [3.63, 3.8) is 0 Å². The fraction of sp³-hybridized carbons (Fsp3) is 0.417. The van der Waals surface area contributed by atoms with Gasteiger partial charge in [-0.05, 0) is 24.1 Å². The molecule has 3 nitrogen and oxygen atoms in total. The Kier molecular flexibility index (Phi) is 3.19. The molecule has 0 spiro atoms. The van der Waals surface area contributed by atoms with E-state index in [0.29, 0.717) is 25.1 Å². The summed E-state index contributed by atoms with van der Waals surface area (Å²) >= 11 is 0. The first kappa shape index (κ1) is 11.1. The Balaban J connectivity index is 1.97. The molecule has 1 N–H and O–H groups in total. The summed E-state index contributed by atoms with van der Waals surface area (Å²) in [7, 11) is 0. The minimum Gasteiger partial charge on any atom is -0.391 e. The molecule has 4 heteroatoms. The van der Waals surface area contributed by atoms with Crippen LogP contribution in [0.5, 0.6) is 0 Å². The summed E-state index contributed by atoms with van der Waals surface area (Å²) in [6.07, 6.45) is 0.427. The van der Waals surface area contributed by atoms with Crippen LogP contribution in [0.25, 0.3) is 0 Å². The summed E-state index contributed by atoms with van der Waals surface area (Å²) in [4.78, 5) is 13.4. The quantitative estimate of drug-likeness (QED) is 0.811. The predicted molar refractivity (Wildman–Crippen MR) is 57.3 cm³/mol. The molecule has 0 radical (unpaired) electrons. The fourth-order valence-corrected chi connectivity index (χ4v) is 1.90. The van der Waals surface area contributed by atoms with E-state index >= 15 is 0 Å². The Morgan fingerprint density at radius 1 is 1.56 bits per heavy atom. The lowest BCUT2D eigenvalue weighted by Crippen LogP contribution is -2.30. The molecule has 1 fully saturated rings. The van der Waals surface area contributed by atoms with Gasteiger partial charge in [-0.2, -0.15) is 0 Å². The van der Waals surface area contributed by atoms with Crippen molar-refractivity contribution in [2.45, 2.75) is 18.9 Å². The second-order valence-electron chi connectivity index (χ2n) is 4.09. The van der Waals surface area contributed by atoms with Gasteiger partial charge in [0.1, 0.15) is 5.82 Å². The summed E-state index contributed by atoms with van der Waals surface area (Å²) in [5.41, 5.74) is 0.673. The van der Waals surface area contributed by atoms with E-state index in [1.807, 2.05) is 0 Å². The van der Waals surface area contributed by atoms with E-state index in [-0.39, 0.29) is 18.1 Å². The molecular weight excluding hydrogens is 209 g/mol. The molecule has 0 saturated carbocycles. The van der Waals surface area contributed by atoms with Gasteiger partial charge in [0.15, 0.2) is 0 Å². The van der Waals surface area contributed by atoms with Gasteiger partial charge in [0, 0.05) is 13.1 Å². The first-order valence-corrected chi connectivity index (χ1v) is 5.35. The van der Waals surface area contributed by atoms with Gasteiger partial charge in [0.05, 0.1) is 12.5 Å². The monoisotopic (exact) mass is 223 g/mol. The number of likely N-dealkylation sites (tertiary alicyclic amines) is 1. The molecule has 0 aromatic heterocycles. The molecule has 1 aliphatic rings. The zero-order valence-corrected chi connectivity index (χ0v) is 8.90. The van der Waals surface area contributed by atoms with E-state index in [2.05, 4.69) is 0 Å². The minimum atomic E-state index is -0.406. The number of hydrogen-bond donors (Lipinski definition) is 1. The van der Waals surface area contributed by atoms with Gasteiger partial charge in [-0.1, -0.05) is 12.1 Å². The van der Waals surface area contributed by atoms with Crippen molar-refractivity contribution in [3.05, 3.63) is 35.6 Å². The van der Waals surface area contributed by atoms with E-state index in [0.717, 1.165) is 0 Å². The molecule has 2 rings (SSSR count). The fourth-order valence-electron chi connectivity index (χ4n) is 1.90. The molecule has 1 heterocycles. The molecular formula is C12H14FNO2. The van der Waals surface area contributed by atoms with Crippen molar-refractivity contribution < 1.29 is 14.3 Å². The zero-order chi connectivity index (χ0) is 11.5. The van der Waals surface area contributed by atoms with Crippen LogP contribution in [0.15, 0.2) is 24.3 Å². The van der Waals surface area contributed by atoms with Crippen molar-refractivity contribution in [2.24, 2.45) is 0 Å². The molecule has 16 heavy (non-hydrogen) atoms. The van der Waals surface area contributed by atoms with Gasteiger partial charge in [-0.15, -0.1) is 0 Å². The number of amides is 1. The highest BCUT2D eigenvalue weighted by Crippen LogP contribution is 2.12. The Labute approximate surface area is 93.5 Å². The Morgan fingerprint density at radius 2 is 2.38 bits per heavy atom. The number of carbonyl (C=O) groups is 1. The van der Waals surface area contributed by atoms with E-state index < -0.39 is 6.10 Å². The molecule has 1 atom stereocenters. The SMILES string of the molecule is O=C(Cc1cccc(F)c1)N1CC[C@H](O)C1. The molecule has 86 valence electrons. The minimum absolute atomic E-state index is 0.0536. The Hall–Kier alpha value is -1.42. The molecule has 1 amide bonds. The molecule has 0 unspecified atom stereocenters. The average Bonchev–Trinajstić information content (AvgIpc) is 2.65. The third-order valence-electron chi connectivity index (χ3n) is 2.76. The van der Waals surface area contributed by atoms with Gasteiger partial charge < -0.3 is 10.0 Å². The number of halogens is 1. The number of nitrogens with zero attached hydrogens (tertiary/aromatic N) is 1. The molecule has 0 bridgehead atoms. The molecule has 1 aromatic rings. The lowest BCUT2D eigenvalue weighted by molar-refractivity contribution is -0.129. The summed E-state index contributed by atoms with van der Waals surface area (Å²) in [5, 5.41) is 9.30. The van der Waals surface area contributed by atoms with E-state index in [1.165, 1.54) is 12.1 Å². The molecule has 1 saturated heterocycles. The van der Waals surface area contributed by atoms with Crippen molar-refractivity contribution >= 4 is 5.91 Å². The lowest BCUT2D eigenvalue weighted by atomic mass is 10.1. The molecule has 0 aliphatic carbocycles. The normalized spacial score (nSPS) is 20.1. The van der Waals surface area contributed by atoms with Crippen molar-refractivity contribution in [3.8, 4) is 0 Å². The topological polar surface area (TPSA) is 40.5 Å². The third-order valence-corrected chi connectivity index (χ3v) is 2.76. The first-order valence-electron chi connectivity index (χ1n) is 5.35. The van der Waals surface area contributed by atoms with E-state index in [9.17, 15) is 14.3 Å². The highest BCUT2D eigenvalue weighted by Gasteiger charge is 2.24. The van der Waals surface area contributed by atoms with Crippen molar-refractivity contribution in [1.29, 1.82) is 0 Å². The third kappa shape index (κ3) is 2.58. The Bertz CT molecular complexity index is 394. The highest BCUT2D eigenvalue weighted by molar-refractivity contribution is 5.79. The maximum absolute atomic E-state index is 12.9. The zero-order valence-electron chi connectivity index (χ0n) is 8.90. The maximum atomic E-state index is 12.9. The summed E-state index contributed by atoms with van der Waals surface area (Å²) in [5.74, 6) is -0.381. The second-order valence-corrected chi connectivity index (χ2v) is 4.09. The van der Waals surface area contributed by atoms with Crippen molar-refractivity contribution in [1.82, 2.24) is 4.90 Å². The number of rotatable bonds is 2. The average molecular weight is 223 g/mol. The van der Waals surface area contributed by atoms with E-state index in [1.54, 1.807) is 17.0 Å². The summed E-state index contributed by atoms with van der Waals surface area (Å²) in [6.45, 7) is 0.990. The van der Waals surface area contributed by atoms with Crippen LogP contribution in [0, 0.1) is 5.82 Å². The number of aliphatic hydroxyl groups excluding tert-OH is 1. The van der Waals surface area contributed by atoms with Crippen LogP contribution in [0.3, 0.4) is 0 Å². The van der Waals surface area contributed by atoms with Crippen LogP contribution in [0.1, 0.15) is 12.0 Å². The van der Waals surface area contributed by atoms with Gasteiger partial charge in [-0.25, -0.2) is 4.39 Å². The molecule has 1 aromatic carbocycles. The number of hydrogen-bond acceptors (Lipinski definition) is 2. The standard InChI is InChI=1S/C12H14FNO2/c13-10-3-1-2-9(6-10)7-12(16)14-5-4-11(15)8-14/h1-3,6,11,15H,4-5,7-8H2/t11-/m0/s1. The Morgan fingerprint density at radius 3 is 3.00 bits per heavy atom. The largest absolute Gasteiger partial charge is 0.391 e. The highest BCUT2D eigenvalue weighted by atomic mass is 19.1. The number of carbonyl (C=O) groups excluding carboxylic acids is 1. The van der Waals surface area contributed by atoms with Gasteiger partial charge in [-0.3, -0.25) is 4.79 Å². The van der Waals surface area contributed by atoms with Crippen LogP contribution in [0.2, 0.25) is 0 Å². The van der Waals surface area contributed by atoms with E-state index in [4.69, 9.17) is 0 Å². The summed E-state index contributed by atoms with van der Waals surface area (Å²) < 4.78 is 12.9. The van der Waals surface area contributed by atoms with Crippen molar-refractivity contribution in [2.75, 3.05) is 13.1 Å². The van der Waals surface area contributed by atoms with Crippen LogP contribution in [0.4, 0.5) is 4.39 Å². The van der Waals surface area contributed by atoms with Crippen LogP contribution in [-0.4, -0.2) is 35.1 Å². The van der Waals surface area contributed by atoms with Crippen LogP contribution < -0.4 is 0 Å². The lowest BCUT2D eigenvalue weighted by Gasteiger charge is -2.15.